The minimum Gasteiger partial charge on any atom is -0.422 e. The molecule has 2 aromatic heterocycles. The van der Waals surface area contributed by atoms with E-state index in [-0.39, 0.29) is 12.0 Å². The first-order chi connectivity index (χ1) is 9.62. The monoisotopic (exact) mass is 274 g/mol. The molecule has 7 nitrogen and oxygen atoms in total. The quantitative estimate of drug-likeness (QED) is 0.888. The highest BCUT2D eigenvalue weighted by atomic mass is 16.5. The minimum atomic E-state index is 0.136. The van der Waals surface area contributed by atoms with E-state index in [2.05, 4.69) is 19.9 Å². The van der Waals surface area contributed by atoms with Crippen molar-refractivity contribution >= 4 is 11.9 Å². The summed E-state index contributed by atoms with van der Waals surface area (Å²) >= 11 is 0. The maximum Gasteiger partial charge on any atom is 0.328 e. The van der Waals surface area contributed by atoms with Gasteiger partial charge in [-0.1, -0.05) is 0 Å². The topological polar surface area (TPSA) is 90.1 Å². The zero-order chi connectivity index (χ0) is 14.5. The van der Waals surface area contributed by atoms with Crippen LogP contribution in [0.3, 0.4) is 0 Å². The van der Waals surface area contributed by atoms with E-state index >= 15 is 0 Å². The van der Waals surface area contributed by atoms with Gasteiger partial charge in [0.15, 0.2) is 0 Å². The lowest BCUT2D eigenvalue weighted by molar-refractivity contribution is 0.438. The second-order valence-corrected chi connectivity index (χ2v) is 4.19. The van der Waals surface area contributed by atoms with Crippen LogP contribution in [-0.4, -0.2) is 33.0 Å². The average molecular weight is 274 g/mol. The summed E-state index contributed by atoms with van der Waals surface area (Å²) < 4.78 is 5.56. The van der Waals surface area contributed by atoms with Crippen LogP contribution in [0.15, 0.2) is 18.3 Å². The maximum atomic E-state index is 5.70. The Kier molecular flexibility index (Phi) is 4.29. The summed E-state index contributed by atoms with van der Waals surface area (Å²) in [6, 6.07) is 3.83. The van der Waals surface area contributed by atoms with Gasteiger partial charge in [0.25, 0.3) is 0 Å². The van der Waals surface area contributed by atoms with Crippen molar-refractivity contribution in [2.45, 2.75) is 20.8 Å². The molecule has 2 N–H and O–H groups in total. The Morgan fingerprint density at radius 3 is 2.50 bits per heavy atom. The third-order valence-corrected chi connectivity index (χ3v) is 2.76. The van der Waals surface area contributed by atoms with Gasteiger partial charge in [-0.3, -0.25) is 4.98 Å². The molecule has 0 fully saturated rings. The second-order valence-electron chi connectivity index (χ2n) is 4.19. The number of hydrogen-bond donors (Lipinski definition) is 1. The van der Waals surface area contributed by atoms with Gasteiger partial charge in [-0.05, 0) is 32.9 Å². The van der Waals surface area contributed by atoms with Gasteiger partial charge >= 0.3 is 6.01 Å². The molecular formula is C13H18N6O. The highest BCUT2D eigenvalue weighted by Gasteiger charge is 2.11. The molecule has 2 heterocycles. The molecule has 0 bridgehead atoms. The minimum absolute atomic E-state index is 0.136. The number of rotatable bonds is 5. The van der Waals surface area contributed by atoms with Crippen molar-refractivity contribution in [1.82, 2.24) is 19.9 Å². The van der Waals surface area contributed by atoms with Crippen molar-refractivity contribution < 1.29 is 4.74 Å². The van der Waals surface area contributed by atoms with Crippen molar-refractivity contribution in [3.05, 3.63) is 24.0 Å². The molecule has 2 aromatic rings. The van der Waals surface area contributed by atoms with Gasteiger partial charge in [0, 0.05) is 18.8 Å². The lowest BCUT2D eigenvalue weighted by Crippen LogP contribution is -2.25. The third kappa shape index (κ3) is 3.31. The maximum absolute atomic E-state index is 5.70. The van der Waals surface area contributed by atoms with Crippen molar-refractivity contribution in [3.63, 3.8) is 0 Å². The molecule has 20 heavy (non-hydrogen) atoms. The van der Waals surface area contributed by atoms with Crippen LogP contribution in [0.4, 0.5) is 11.9 Å². The predicted octanol–water partition coefficient (Wildman–Crippen LogP) is 1.80. The fourth-order valence-corrected chi connectivity index (χ4v) is 1.67. The summed E-state index contributed by atoms with van der Waals surface area (Å²) in [6.45, 7) is 7.52. The number of anilines is 2. The van der Waals surface area contributed by atoms with E-state index in [1.54, 1.807) is 12.3 Å². The fourth-order valence-electron chi connectivity index (χ4n) is 1.67. The standard InChI is InChI=1S/C13H18N6O/c1-4-19(5-2)12-16-11(14)17-13(18-12)20-10-7-6-9(3)15-8-10/h6-8H,4-5H2,1-3H3,(H2,14,16,17,18). The van der Waals surface area contributed by atoms with E-state index in [1.807, 2.05) is 31.7 Å². The van der Waals surface area contributed by atoms with Crippen LogP contribution in [-0.2, 0) is 0 Å². The molecule has 0 atom stereocenters. The van der Waals surface area contributed by atoms with Crippen LogP contribution in [0.25, 0.3) is 0 Å². The number of nitrogens with two attached hydrogens (primary N) is 1. The molecule has 0 aliphatic carbocycles. The Hall–Kier alpha value is -2.44. The number of nitrogen functional groups attached to an aromatic ring is 1. The van der Waals surface area contributed by atoms with Crippen molar-refractivity contribution in [2.75, 3.05) is 23.7 Å². The highest BCUT2D eigenvalue weighted by Crippen LogP contribution is 2.19. The van der Waals surface area contributed by atoms with Gasteiger partial charge in [-0.15, -0.1) is 0 Å². The van der Waals surface area contributed by atoms with E-state index in [0.717, 1.165) is 18.8 Å². The lowest BCUT2D eigenvalue weighted by atomic mass is 10.4. The molecule has 0 aliphatic heterocycles. The first kappa shape index (κ1) is 14.0. The first-order valence-corrected chi connectivity index (χ1v) is 6.49. The van der Waals surface area contributed by atoms with E-state index in [4.69, 9.17) is 10.5 Å². The molecule has 2 rings (SSSR count). The van der Waals surface area contributed by atoms with Gasteiger partial charge < -0.3 is 15.4 Å². The number of ether oxygens (including phenoxy) is 1. The van der Waals surface area contributed by atoms with Crippen molar-refractivity contribution in [1.29, 1.82) is 0 Å². The number of nitrogens with zero attached hydrogens (tertiary/aromatic N) is 5. The normalized spacial score (nSPS) is 10.3. The lowest BCUT2D eigenvalue weighted by Gasteiger charge is -2.18. The summed E-state index contributed by atoms with van der Waals surface area (Å²) in [6.07, 6.45) is 1.62. The molecule has 106 valence electrons. The summed E-state index contributed by atoms with van der Waals surface area (Å²) in [4.78, 5) is 18.5. The third-order valence-electron chi connectivity index (χ3n) is 2.76. The molecule has 0 saturated carbocycles. The zero-order valence-electron chi connectivity index (χ0n) is 11.9. The molecule has 0 spiro atoms. The van der Waals surface area contributed by atoms with Gasteiger partial charge in [-0.25, -0.2) is 0 Å². The molecule has 0 aromatic carbocycles. The Bertz CT molecular complexity index is 568. The Labute approximate surface area is 117 Å². The van der Waals surface area contributed by atoms with E-state index in [1.165, 1.54) is 0 Å². The van der Waals surface area contributed by atoms with Crippen LogP contribution in [0.2, 0.25) is 0 Å². The SMILES string of the molecule is CCN(CC)c1nc(N)nc(Oc2ccc(C)nc2)n1. The van der Waals surface area contributed by atoms with Gasteiger partial charge in [0.1, 0.15) is 5.75 Å². The molecule has 7 heteroatoms. The first-order valence-electron chi connectivity index (χ1n) is 6.49. The molecule has 0 radical (unpaired) electrons. The second kappa shape index (κ2) is 6.14. The Morgan fingerprint density at radius 2 is 1.90 bits per heavy atom. The van der Waals surface area contributed by atoms with E-state index in [9.17, 15) is 0 Å². The summed E-state index contributed by atoms with van der Waals surface area (Å²) in [5.74, 6) is 1.21. The van der Waals surface area contributed by atoms with Gasteiger partial charge in [0.05, 0.1) is 6.20 Å². The summed E-state index contributed by atoms with van der Waals surface area (Å²) in [5.41, 5.74) is 6.61. The summed E-state index contributed by atoms with van der Waals surface area (Å²) in [5, 5.41) is 0. The van der Waals surface area contributed by atoms with Crippen LogP contribution >= 0.6 is 0 Å². The van der Waals surface area contributed by atoms with Gasteiger partial charge in [-0.2, -0.15) is 15.0 Å². The molecular weight excluding hydrogens is 256 g/mol. The number of aromatic nitrogens is 4. The van der Waals surface area contributed by atoms with Crippen LogP contribution < -0.4 is 15.4 Å². The zero-order valence-corrected chi connectivity index (χ0v) is 11.9. The average Bonchev–Trinajstić information content (AvgIpc) is 2.42. The number of pyridine rings is 1. The largest absolute Gasteiger partial charge is 0.422 e. The van der Waals surface area contributed by atoms with E-state index < -0.39 is 0 Å². The number of hydrogen-bond acceptors (Lipinski definition) is 7. The summed E-state index contributed by atoms with van der Waals surface area (Å²) in [7, 11) is 0. The predicted molar refractivity (Wildman–Crippen MR) is 76.8 cm³/mol. The Balaban J connectivity index is 2.25. The van der Waals surface area contributed by atoms with Crippen LogP contribution in [0.5, 0.6) is 11.8 Å². The molecule has 0 amide bonds. The molecule has 0 unspecified atom stereocenters. The van der Waals surface area contributed by atoms with Crippen LogP contribution in [0.1, 0.15) is 19.5 Å². The number of aryl methyl sites for hydroxylation is 1. The van der Waals surface area contributed by atoms with Crippen molar-refractivity contribution in [3.8, 4) is 11.8 Å². The molecule has 0 saturated heterocycles. The highest BCUT2D eigenvalue weighted by molar-refractivity contribution is 5.36. The van der Waals surface area contributed by atoms with Crippen LogP contribution in [0, 0.1) is 6.92 Å². The molecule has 0 aliphatic rings. The van der Waals surface area contributed by atoms with E-state index in [0.29, 0.717) is 11.7 Å². The fraction of sp³-hybridized carbons (Fsp3) is 0.385. The van der Waals surface area contributed by atoms with Gasteiger partial charge in [0.2, 0.25) is 11.9 Å². The van der Waals surface area contributed by atoms with Crippen molar-refractivity contribution in [2.24, 2.45) is 0 Å². The smallest absolute Gasteiger partial charge is 0.328 e. The Morgan fingerprint density at radius 1 is 1.15 bits per heavy atom.